The number of thioether (sulfide) groups is 1. The van der Waals surface area contributed by atoms with Crippen molar-refractivity contribution in [2.75, 3.05) is 18.2 Å². The van der Waals surface area contributed by atoms with Crippen LogP contribution in [0.15, 0.2) is 70.3 Å². The van der Waals surface area contributed by atoms with E-state index in [1.807, 2.05) is 66.0 Å². The summed E-state index contributed by atoms with van der Waals surface area (Å²) in [4.78, 5) is 12.0. The molecule has 0 bridgehead atoms. The number of hydrogen-bond donors (Lipinski definition) is 1. The third-order valence-electron chi connectivity index (χ3n) is 3.28. The van der Waals surface area contributed by atoms with E-state index in [1.165, 1.54) is 11.8 Å². The van der Waals surface area contributed by atoms with Gasteiger partial charge in [0.05, 0.1) is 17.1 Å². The normalized spacial score (nSPS) is 10.3. The first-order chi connectivity index (χ1) is 12.2. The number of nitrogens with one attached hydrogen (secondary N) is 1. The second kappa shape index (κ2) is 8.60. The van der Waals surface area contributed by atoms with Crippen molar-refractivity contribution < 1.29 is 14.3 Å². The molecule has 1 amide bonds. The molecule has 0 aliphatic carbocycles. The molecule has 3 rings (SSSR count). The van der Waals surface area contributed by atoms with E-state index >= 15 is 0 Å². The summed E-state index contributed by atoms with van der Waals surface area (Å²) in [6.45, 7) is 0. The van der Waals surface area contributed by atoms with Crippen molar-refractivity contribution in [2.24, 2.45) is 0 Å². The minimum atomic E-state index is -0.0307. The summed E-state index contributed by atoms with van der Waals surface area (Å²) in [6, 6.07) is 18.7. The van der Waals surface area contributed by atoms with Crippen molar-refractivity contribution in [1.29, 1.82) is 0 Å². The number of ether oxygens (including phenoxy) is 2. The highest BCUT2D eigenvalue weighted by Gasteiger charge is 2.06. The van der Waals surface area contributed by atoms with Gasteiger partial charge < -0.3 is 14.8 Å². The number of carbonyl (C=O) groups excluding carboxylic acids is 1. The third kappa shape index (κ3) is 5.01. The van der Waals surface area contributed by atoms with Crippen LogP contribution in [0.5, 0.6) is 17.2 Å². The molecule has 1 aromatic heterocycles. The largest absolute Gasteiger partial charge is 0.493 e. The Labute approximate surface area is 154 Å². The minimum Gasteiger partial charge on any atom is -0.493 e. The maximum absolute atomic E-state index is 12.0. The van der Waals surface area contributed by atoms with Gasteiger partial charge in [-0.25, -0.2) is 0 Å². The first-order valence-electron chi connectivity index (χ1n) is 7.61. The predicted molar refractivity (Wildman–Crippen MR) is 103 cm³/mol. The average molecular weight is 371 g/mol. The number of rotatable bonds is 7. The standard InChI is InChI=1S/C19H17NO3S2/c1-22-16-5-2-3-6-17(16)23-15-10-8-14(9-11-15)20-18(21)13-25-19-7-4-12-24-19/h2-12H,13H2,1H3,(H,20,21). The molecular formula is C19H17NO3S2. The lowest BCUT2D eigenvalue weighted by Gasteiger charge is -2.10. The summed E-state index contributed by atoms with van der Waals surface area (Å²) in [5.74, 6) is 2.35. The van der Waals surface area contributed by atoms with Crippen molar-refractivity contribution in [3.63, 3.8) is 0 Å². The number of thiophene rings is 1. The van der Waals surface area contributed by atoms with Crippen LogP contribution < -0.4 is 14.8 Å². The summed E-state index contributed by atoms with van der Waals surface area (Å²) >= 11 is 3.16. The Morgan fingerprint density at radius 1 is 1.04 bits per heavy atom. The van der Waals surface area contributed by atoms with Crippen LogP contribution in [-0.4, -0.2) is 18.8 Å². The second-order valence-electron chi connectivity index (χ2n) is 5.05. The number of benzene rings is 2. The highest BCUT2D eigenvalue weighted by Crippen LogP contribution is 2.31. The molecule has 1 N–H and O–H groups in total. The molecule has 1 heterocycles. The van der Waals surface area contributed by atoms with Gasteiger partial charge in [0.25, 0.3) is 0 Å². The Morgan fingerprint density at radius 2 is 1.80 bits per heavy atom. The van der Waals surface area contributed by atoms with E-state index in [0.717, 1.165) is 9.90 Å². The Bertz CT molecular complexity index is 817. The molecule has 25 heavy (non-hydrogen) atoms. The number of para-hydroxylation sites is 2. The van der Waals surface area contributed by atoms with Gasteiger partial charge >= 0.3 is 0 Å². The number of anilines is 1. The highest BCUT2D eigenvalue weighted by molar-refractivity contribution is 8.01. The van der Waals surface area contributed by atoms with Crippen LogP contribution in [0.1, 0.15) is 0 Å². The van der Waals surface area contributed by atoms with Crippen molar-refractivity contribution in [3.05, 3.63) is 66.0 Å². The fraction of sp³-hybridized carbons (Fsp3) is 0.105. The van der Waals surface area contributed by atoms with Gasteiger partial charge in [0.2, 0.25) is 5.91 Å². The summed E-state index contributed by atoms with van der Waals surface area (Å²) in [7, 11) is 1.61. The molecular weight excluding hydrogens is 354 g/mol. The number of methoxy groups -OCH3 is 1. The second-order valence-corrected chi connectivity index (χ2v) is 7.27. The van der Waals surface area contributed by atoms with Crippen molar-refractivity contribution in [2.45, 2.75) is 4.21 Å². The highest BCUT2D eigenvalue weighted by atomic mass is 32.2. The number of amides is 1. The van der Waals surface area contributed by atoms with Crippen LogP contribution in [0.2, 0.25) is 0 Å². The molecule has 128 valence electrons. The molecule has 0 aliphatic rings. The van der Waals surface area contributed by atoms with Crippen LogP contribution >= 0.6 is 23.1 Å². The fourth-order valence-electron chi connectivity index (χ4n) is 2.12. The van der Waals surface area contributed by atoms with E-state index in [2.05, 4.69) is 5.32 Å². The molecule has 3 aromatic rings. The van der Waals surface area contributed by atoms with E-state index in [9.17, 15) is 4.79 Å². The van der Waals surface area contributed by atoms with Gasteiger partial charge in [-0.3, -0.25) is 4.79 Å². The Kier molecular flexibility index (Phi) is 5.98. The van der Waals surface area contributed by atoms with Gasteiger partial charge in [-0.1, -0.05) is 18.2 Å². The van der Waals surface area contributed by atoms with Crippen molar-refractivity contribution >= 4 is 34.7 Å². The minimum absolute atomic E-state index is 0.0307. The van der Waals surface area contributed by atoms with Crippen LogP contribution in [0.3, 0.4) is 0 Å². The molecule has 2 aromatic carbocycles. The van der Waals surface area contributed by atoms with E-state index < -0.39 is 0 Å². The zero-order chi connectivity index (χ0) is 17.5. The number of carbonyl (C=O) groups is 1. The van der Waals surface area contributed by atoms with Crippen molar-refractivity contribution in [1.82, 2.24) is 0 Å². The first-order valence-corrected chi connectivity index (χ1v) is 9.48. The zero-order valence-corrected chi connectivity index (χ0v) is 15.2. The molecule has 4 nitrogen and oxygen atoms in total. The molecule has 0 saturated heterocycles. The Morgan fingerprint density at radius 3 is 2.48 bits per heavy atom. The van der Waals surface area contributed by atoms with Gasteiger partial charge in [-0.15, -0.1) is 23.1 Å². The van der Waals surface area contributed by atoms with Crippen molar-refractivity contribution in [3.8, 4) is 17.2 Å². The Balaban J connectivity index is 1.55. The lowest BCUT2D eigenvalue weighted by Crippen LogP contribution is -2.13. The van der Waals surface area contributed by atoms with Crippen LogP contribution in [0.25, 0.3) is 0 Å². The van der Waals surface area contributed by atoms with E-state index in [-0.39, 0.29) is 5.91 Å². The molecule has 0 atom stereocenters. The van der Waals surface area contributed by atoms with E-state index in [0.29, 0.717) is 23.0 Å². The maximum atomic E-state index is 12.0. The third-order valence-corrected chi connectivity index (χ3v) is 5.41. The van der Waals surface area contributed by atoms with Gasteiger partial charge in [0, 0.05) is 5.69 Å². The average Bonchev–Trinajstić information content (AvgIpc) is 3.16. The van der Waals surface area contributed by atoms with E-state index in [1.54, 1.807) is 18.4 Å². The fourth-order valence-corrected chi connectivity index (χ4v) is 3.70. The van der Waals surface area contributed by atoms with Gasteiger partial charge in [-0.2, -0.15) is 0 Å². The first kappa shape index (κ1) is 17.4. The molecule has 0 saturated carbocycles. The summed E-state index contributed by atoms with van der Waals surface area (Å²) in [5.41, 5.74) is 0.740. The van der Waals surface area contributed by atoms with Gasteiger partial charge in [0.1, 0.15) is 5.75 Å². The van der Waals surface area contributed by atoms with Crippen LogP contribution in [0.4, 0.5) is 5.69 Å². The molecule has 0 unspecified atom stereocenters. The Hall–Kier alpha value is -2.44. The monoisotopic (exact) mass is 371 g/mol. The van der Waals surface area contributed by atoms with Crippen LogP contribution in [0, 0.1) is 0 Å². The molecule has 0 fully saturated rings. The molecule has 0 spiro atoms. The number of hydrogen-bond acceptors (Lipinski definition) is 5. The molecule has 6 heteroatoms. The smallest absolute Gasteiger partial charge is 0.234 e. The molecule has 0 aliphatic heterocycles. The lowest BCUT2D eigenvalue weighted by atomic mass is 10.3. The summed E-state index contributed by atoms with van der Waals surface area (Å²) < 4.78 is 12.2. The zero-order valence-electron chi connectivity index (χ0n) is 13.6. The van der Waals surface area contributed by atoms with Crippen LogP contribution in [-0.2, 0) is 4.79 Å². The SMILES string of the molecule is COc1ccccc1Oc1ccc(NC(=O)CSc2cccs2)cc1. The predicted octanol–water partition coefficient (Wildman–Crippen LogP) is 5.28. The summed E-state index contributed by atoms with van der Waals surface area (Å²) in [6.07, 6.45) is 0. The lowest BCUT2D eigenvalue weighted by molar-refractivity contribution is -0.113. The molecule has 0 radical (unpaired) electrons. The van der Waals surface area contributed by atoms with E-state index in [4.69, 9.17) is 9.47 Å². The maximum Gasteiger partial charge on any atom is 0.234 e. The topological polar surface area (TPSA) is 47.6 Å². The van der Waals surface area contributed by atoms with Gasteiger partial charge in [0.15, 0.2) is 11.5 Å². The summed E-state index contributed by atoms with van der Waals surface area (Å²) in [5, 5.41) is 4.88. The quantitative estimate of drug-likeness (QED) is 0.574. The van der Waals surface area contributed by atoms with Gasteiger partial charge in [-0.05, 0) is 47.8 Å².